The molecular formula is C20H21N7O. The van der Waals surface area contributed by atoms with E-state index in [1.807, 2.05) is 53.1 Å². The lowest BCUT2D eigenvalue weighted by atomic mass is 9.99. The van der Waals surface area contributed by atoms with Crippen molar-refractivity contribution in [3.05, 3.63) is 71.4 Å². The molecule has 0 bridgehead atoms. The molecule has 0 saturated heterocycles. The van der Waals surface area contributed by atoms with Gasteiger partial charge in [0.15, 0.2) is 17.3 Å². The van der Waals surface area contributed by atoms with Gasteiger partial charge < -0.3 is 5.11 Å². The highest BCUT2D eigenvalue weighted by Crippen LogP contribution is 2.51. The number of aliphatic hydroxyl groups is 1. The van der Waals surface area contributed by atoms with E-state index in [2.05, 4.69) is 25.6 Å². The summed E-state index contributed by atoms with van der Waals surface area (Å²) >= 11 is 0. The molecule has 1 aliphatic carbocycles. The van der Waals surface area contributed by atoms with Crippen LogP contribution in [0.25, 0.3) is 5.65 Å². The number of fused-ring (bicyclic) bond motifs is 1. The van der Waals surface area contributed by atoms with Crippen molar-refractivity contribution in [2.75, 3.05) is 0 Å². The van der Waals surface area contributed by atoms with E-state index in [9.17, 15) is 5.11 Å². The summed E-state index contributed by atoms with van der Waals surface area (Å²) in [7, 11) is 0. The maximum Gasteiger partial charge on any atom is 0.188 e. The lowest BCUT2D eigenvalue weighted by Crippen LogP contribution is -2.19. The number of hydrogen-bond acceptors (Lipinski definition) is 6. The van der Waals surface area contributed by atoms with E-state index in [-0.39, 0.29) is 5.41 Å². The van der Waals surface area contributed by atoms with Crippen molar-refractivity contribution in [3.8, 4) is 0 Å². The Kier molecular flexibility index (Phi) is 3.60. The Morgan fingerprint density at radius 2 is 1.82 bits per heavy atom. The van der Waals surface area contributed by atoms with Gasteiger partial charge in [0.25, 0.3) is 0 Å². The molecular weight excluding hydrogens is 354 g/mol. The van der Waals surface area contributed by atoms with E-state index in [0.29, 0.717) is 18.0 Å². The summed E-state index contributed by atoms with van der Waals surface area (Å²) < 4.78 is 1.94. The second-order valence-electron chi connectivity index (χ2n) is 7.91. The maximum absolute atomic E-state index is 10.5. The zero-order valence-corrected chi connectivity index (χ0v) is 15.8. The van der Waals surface area contributed by atoms with Crippen LogP contribution in [0.15, 0.2) is 48.7 Å². The smallest absolute Gasteiger partial charge is 0.188 e. The molecule has 28 heavy (non-hydrogen) atoms. The first-order valence-corrected chi connectivity index (χ1v) is 9.37. The number of aromatic nitrogens is 7. The Bertz CT molecular complexity index is 1140. The van der Waals surface area contributed by atoms with Crippen LogP contribution in [0.2, 0.25) is 0 Å². The number of pyridine rings is 1. The molecule has 0 atom stereocenters. The number of nitrogens with zero attached hydrogens (tertiary/aromatic N) is 7. The molecule has 5 rings (SSSR count). The fourth-order valence-electron chi connectivity index (χ4n) is 3.64. The van der Waals surface area contributed by atoms with Crippen molar-refractivity contribution >= 4 is 5.65 Å². The highest BCUT2D eigenvalue weighted by Gasteiger charge is 2.53. The molecule has 3 aromatic heterocycles. The molecule has 8 nitrogen and oxygen atoms in total. The van der Waals surface area contributed by atoms with Gasteiger partial charge in [-0.1, -0.05) is 36.4 Å². The van der Waals surface area contributed by atoms with Crippen molar-refractivity contribution in [1.82, 2.24) is 34.8 Å². The average Bonchev–Trinajstić information content (AvgIpc) is 3.13. The van der Waals surface area contributed by atoms with Crippen LogP contribution in [0, 0.1) is 0 Å². The van der Waals surface area contributed by atoms with Crippen LogP contribution >= 0.6 is 0 Å². The molecule has 4 aromatic rings. The van der Waals surface area contributed by atoms with Gasteiger partial charge >= 0.3 is 0 Å². The highest BCUT2D eigenvalue weighted by atomic mass is 16.3. The summed E-state index contributed by atoms with van der Waals surface area (Å²) in [5, 5.41) is 32.5. The lowest BCUT2D eigenvalue weighted by molar-refractivity contribution is 0.0796. The minimum atomic E-state index is -0.999. The normalized spacial score (nSPS) is 15.8. The fourth-order valence-corrected chi connectivity index (χ4v) is 3.64. The maximum atomic E-state index is 10.5. The van der Waals surface area contributed by atoms with Gasteiger partial charge in [0, 0.05) is 11.8 Å². The van der Waals surface area contributed by atoms with E-state index >= 15 is 0 Å². The second kappa shape index (κ2) is 5.93. The van der Waals surface area contributed by atoms with Crippen molar-refractivity contribution in [2.45, 2.75) is 44.2 Å². The van der Waals surface area contributed by atoms with E-state index in [4.69, 9.17) is 0 Å². The monoisotopic (exact) mass is 375 g/mol. The van der Waals surface area contributed by atoms with Gasteiger partial charge in [-0.05, 0) is 43.5 Å². The molecule has 1 aliphatic rings. The zero-order valence-electron chi connectivity index (χ0n) is 15.8. The third-order valence-electron chi connectivity index (χ3n) is 5.32. The van der Waals surface area contributed by atoms with Crippen LogP contribution < -0.4 is 0 Å². The summed E-state index contributed by atoms with van der Waals surface area (Å²) in [6.07, 6.45) is 3.73. The number of rotatable bonds is 5. The van der Waals surface area contributed by atoms with E-state index in [1.165, 1.54) is 0 Å². The van der Waals surface area contributed by atoms with Crippen molar-refractivity contribution in [1.29, 1.82) is 0 Å². The molecule has 0 unspecified atom stereocenters. The van der Waals surface area contributed by atoms with Gasteiger partial charge in [0.05, 0.1) is 17.6 Å². The van der Waals surface area contributed by atoms with E-state index < -0.39 is 5.60 Å². The van der Waals surface area contributed by atoms with Gasteiger partial charge in [0.2, 0.25) is 0 Å². The average molecular weight is 375 g/mol. The molecule has 142 valence electrons. The van der Waals surface area contributed by atoms with Crippen LogP contribution in [-0.2, 0) is 17.6 Å². The molecule has 0 spiro atoms. The predicted molar refractivity (Wildman–Crippen MR) is 102 cm³/mol. The zero-order chi connectivity index (χ0) is 19.4. The number of benzene rings is 1. The van der Waals surface area contributed by atoms with E-state index in [0.717, 1.165) is 29.8 Å². The standard InChI is InChI=1S/C20H21N7O/c1-19(2,28)15-9-6-12-26-16(15)21-23-18(26)20(10-11-20)17-22-25-27(24-17)13-14-7-4-3-5-8-14/h3-9,12,28H,10-11,13H2,1-2H3. The highest BCUT2D eigenvalue weighted by molar-refractivity contribution is 5.52. The molecule has 1 N–H and O–H groups in total. The predicted octanol–water partition coefficient (Wildman–Crippen LogP) is 2.07. The molecule has 1 saturated carbocycles. The second-order valence-corrected chi connectivity index (χ2v) is 7.91. The third-order valence-corrected chi connectivity index (χ3v) is 5.32. The summed E-state index contributed by atoms with van der Waals surface area (Å²) in [5.74, 6) is 1.47. The number of hydrogen-bond donors (Lipinski definition) is 1. The van der Waals surface area contributed by atoms with Gasteiger partial charge in [-0.25, -0.2) is 0 Å². The minimum absolute atomic E-state index is 0.368. The Balaban J connectivity index is 1.52. The van der Waals surface area contributed by atoms with Gasteiger partial charge in [-0.3, -0.25) is 4.40 Å². The number of tetrazole rings is 1. The van der Waals surface area contributed by atoms with Crippen LogP contribution in [0.3, 0.4) is 0 Å². The SMILES string of the molecule is CC(C)(O)c1cccn2c(C3(c4nnn(Cc5ccccc5)n4)CC3)nnc12. The van der Waals surface area contributed by atoms with Gasteiger partial charge in [-0.2, -0.15) is 4.80 Å². The molecule has 0 radical (unpaired) electrons. The van der Waals surface area contributed by atoms with Crippen molar-refractivity contribution in [2.24, 2.45) is 0 Å². The molecule has 8 heteroatoms. The molecule has 1 fully saturated rings. The fraction of sp³-hybridized carbons (Fsp3) is 0.350. The first kappa shape index (κ1) is 17.0. The lowest BCUT2D eigenvalue weighted by Gasteiger charge is -2.18. The Morgan fingerprint density at radius 3 is 2.54 bits per heavy atom. The largest absolute Gasteiger partial charge is 0.386 e. The summed E-state index contributed by atoms with van der Waals surface area (Å²) in [6, 6.07) is 13.8. The van der Waals surface area contributed by atoms with E-state index in [1.54, 1.807) is 18.6 Å². The Hall–Kier alpha value is -3.13. The van der Waals surface area contributed by atoms with Crippen molar-refractivity contribution in [3.63, 3.8) is 0 Å². The summed E-state index contributed by atoms with van der Waals surface area (Å²) in [5.41, 5.74) is 1.16. The van der Waals surface area contributed by atoms with Crippen LogP contribution in [0.1, 0.15) is 49.5 Å². The van der Waals surface area contributed by atoms with Crippen LogP contribution in [-0.4, -0.2) is 39.9 Å². The van der Waals surface area contributed by atoms with Crippen LogP contribution in [0.4, 0.5) is 0 Å². The Morgan fingerprint density at radius 1 is 1.04 bits per heavy atom. The van der Waals surface area contributed by atoms with Crippen LogP contribution in [0.5, 0.6) is 0 Å². The summed E-state index contributed by atoms with van der Waals surface area (Å²) in [6.45, 7) is 4.08. The topological polar surface area (TPSA) is 94.0 Å². The first-order valence-electron chi connectivity index (χ1n) is 9.37. The third kappa shape index (κ3) is 2.68. The Labute approximate surface area is 161 Å². The van der Waals surface area contributed by atoms with Gasteiger partial charge in [0.1, 0.15) is 0 Å². The first-order chi connectivity index (χ1) is 13.5. The van der Waals surface area contributed by atoms with Crippen molar-refractivity contribution < 1.29 is 5.11 Å². The molecule has 0 aliphatic heterocycles. The summed E-state index contributed by atoms with van der Waals surface area (Å²) in [4.78, 5) is 1.62. The molecule has 3 heterocycles. The minimum Gasteiger partial charge on any atom is -0.386 e. The van der Waals surface area contributed by atoms with Gasteiger partial charge in [-0.15, -0.1) is 20.4 Å². The molecule has 1 aromatic carbocycles. The molecule has 0 amide bonds. The quantitative estimate of drug-likeness (QED) is 0.574.